The fraction of sp³-hybridized carbons (Fsp3) is 0. The molecule has 5 rings (SSSR count). The van der Waals surface area contributed by atoms with E-state index in [1.165, 1.54) is 0 Å². The van der Waals surface area contributed by atoms with Gasteiger partial charge in [0.1, 0.15) is 0 Å². The highest BCUT2D eigenvalue weighted by Crippen LogP contribution is 2.41. The van der Waals surface area contributed by atoms with Crippen LogP contribution in [0.15, 0.2) is 0 Å². The third-order valence-electron chi connectivity index (χ3n) is 6.41. The van der Waals surface area contributed by atoms with Crippen molar-refractivity contribution in [2.75, 3.05) is 0 Å². The second kappa shape index (κ2) is 12.0. The summed E-state index contributed by atoms with van der Waals surface area (Å²) in [5.74, 6) is -63.0. The molecule has 5 aromatic rings. The van der Waals surface area contributed by atoms with Crippen LogP contribution >= 0.6 is 0 Å². The van der Waals surface area contributed by atoms with Crippen molar-refractivity contribution in [3.8, 4) is 17.2 Å². The molecule has 0 aliphatic heterocycles. The summed E-state index contributed by atoms with van der Waals surface area (Å²) in [5.41, 5.74) is 0. The summed E-state index contributed by atoms with van der Waals surface area (Å²) in [7, 11) is -4.02. The summed E-state index contributed by atoms with van der Waals surface area (Å²) in [6, 6.07) is 0. The van der Waals surface area contributed by atoms with E-state index >= 15 is 8.78 Å². The van der Waals surface area contributed by atoms with E-state index in [4.69, 9.17) is 0 Å². The van der Waals surface area contributed by atoms with E-state index in [0.29, 0.717) is 0 Å². The van der Waals surface area contributed by atoms with Crippen LogP contribution in [0.5, 0.6) is 17.2 Å². The predicted molar refractivity (Wildman–Crippen MR) is 121 cm³/mol. The Morgan fingerprint density at radius 2 is 0.367 bits per heavy atom. The molecule has 23 heteroatoms. The minimum atomic E-state index is -4.02. The van der Waals surface area contributed by atoms with Gasteiger partial charge in [0.25, 0.3) is 0 Å². The van der Waals surface area contributed by atoms with Gasteiger partial charge in [0.15, 0.2) is 87.1 Å². The molecule has 0 radical (unpaired) electrons. The maximum absolute atomic E-state index is 15.2. The first kappa shape index (κ1) is 35.1. The highest BCUT2D eigenvalue weighted by atomic mass is 19.2. The van der Waals surface area contributed by atoms with Gasteiger partial charge in [0.2, 0.25) is 40.7 Å². The molecule has 0 saturated carbocycles. The highest BCUT2D eigenvalue weighted by molar-refractivity contribution is 6.39. The quantitative estimate of drug-likeness (QED) is 0.0755. The van der Waals surface area contributed by atoms with Crippen LogP contribution in [0.25, 0.3) is 21.5 Å². The first-order valence-electron chi connectivity index (χ1n) is 11.9. The minimum Gasteiger partial charge on any atom is -0.484 e. The summed E-state index contributed by atoms with van der Waals surface area (Å²) < 4.78 is 284. The summed E-state index contributed by atoms with van der Waals surface area (Å²) in [6.45, 7) is 0. The Kier molecular flexibility index (Phi) is 8.60. The SMILES string of the molecule is Fc1c(F)c(F)c(OB(Oc2c(F)c(F)c3c(F)c(F)c(F)c(F)c3c2F)Oc2c(F)c(F)c3c(F)c(F)c(F)c(F)c3c2F)c(F)c1F. The van der Waals surface area contributed by atoms with E-state index < -0.39 is 157 Å². The molecule has 0 aliphatic rings. The molecule has 0 bridgehead atoms. The number of halogens is 19. The van der Waals surface area contributed by atoms with Gasteiger partial charge in [-0.15, -0.1) is 0 Å². The molecule has 0 aliphatic carbocycles. The van der Waals surface area contributed by atoms with E-state index in [-0.39, 0.29) is 0 Å². The molecular formula is C26BF19O3. The Balaban J connectivity index is 1.79. The third-order valence-corrected chi connectivity index (χ3v) is 6.41. The molecule has 258 valence electrons. The Labute approximate surface area is 254 Å². The van der Waals surface area contributed by atoms with Crippen molar-refractivity contribution in [2.24, 2.45) is 0 Å². The molecule has 0 amide bonds. The molecule has 0 saturated heterocycles. The van der Waals surface area contributed by atoms with Crippen LogP contribution in [0.1, 0.15) is 0 Å². The lowest BCUT2D eigenvalue weighted by molar-refractivity contribution is 0.257. The lowest BCUT2D eigenvalue weighted by Crippen LogP contribution is -2.39. The van der Waals surface area contributed by atoms with E-state index in [2.05, 4.69) is 14.0 Å². The number of rotatable bonds is 6. The molecular weight excluding hydrogens is 732 g/mol. The van der Waals surface area contributed by atoms with Crippen LogP contribution in [0, 0.1) is 111 Å². The zero-order valence-electron chi connectivity index (χ0n) is 22.0. The van der Waals surface area contributed by atoms with Crippen molar-refractivity contribution >= 4 is 28.9 Å². The zero-order valence-corrected chi connectivity index (χ0v) is 22.0. The average Bonchev–Trinajstić information content (AvgIpc) is 3.07. The van der Waals surface area contributed by atoms with E-state index in [0.717, 1.165) is 0 Å². The van der Waals surface area contributed by atoms with E-state index in [1.807, 2.05) is 0 Å². The molecule has 0 atom stereocenters. The zero-order chi connectivity index (χ0) is 36.7. The normalized spacial score (nSPS) is 11.6. The third kappa shape index (κ3) is 5.04. The molecule has 49 heavy (non-hydrogen) atoms. The van der Waals surface area contributed by atoms with Crippen molar-refractivity contribution < 1.29 is 97.4 Å². The van der Waals surface area contributed by atoms with E-state index in [1.54, 1.807) is 0 Å². The largest absolute Gasteiger partial charge is 0.864 e. The number of benzene rings is 5. The maximum atomic E-state index is 15.2. The van der Waals surface area contributed by atoms with Gasteiger partial charge in [-0.3, -0.25) is 0 Å². The topological polar surface area (TPSA) is 27.7 Å². The monoisotopic (exact) mass is 732 g/mol. The van der Waals surface area contributed by atoms with Gasteiger partial charge in [-0.1, -0.05) is 0 Å². The standard InChI is InChI=1S/C26BF19O3/c28-5-1-3(7(30)15(38)13(5)36)11(34)24(20(43)9(1)32)47-27(49-26-22(45)18(41)17(40)19(42)23(26)46)48-25-12(35)4-2(10(33)21(25)44)6(29)14(37)16(39)8(4)31. The second-order valence-electron chi connectivity index (χ2n) is 9.10. The maximum Gasteiger partial charge on any atom is 0.864 e. The van der Waals surface area contributed by atoms with Crippen molar-refractivity contribution in [3.05, 3.63) is 111 Å². The van der Waals surface area contributed by atoms with Gasteiger partial charge in [0.05, 0.1) is 21.5 Å². The highest BCUT2D eigenvalue weighted by Gasteiger charge is 2.42. The lowest BCUT2D eigenvalue weighted by Gasteiger charge is -2.20. The number of fused-ring (bicyclic) bond motifs is 2. The Morgan fingerprint density at radius 3 is 0.653 bits per heavy atom. The first-order chi connectivity index (χ1) is 22.8. The molecule has 0 spiro atoms. The molecule has 3 nitrogen and oxygen atoms in total. The Bertz CT molecular complexity index is 2130. The Hall–Kier alpha value is -5.25. The molecule has 0 fully saturated rings. The molecule has 5 aromatic carbocycles. The second-order valence-corrected chi connectivity index (χ2v) is 9.10. The van der Waals surface area contributed by atoms with Crippen LogP contribution in [-0.2, 0) is 0 Å². The van der Waals surface area contributed by atoms with Crippen molar-refractivity contribution in [1.29, 1.82) is 0 Å². The van der Waals surface area contributed by atoms with Crippen LogP contribution in [0.4, 0.5) is 83.4 Å². The van der Waals surface area contributed by atoms with Gasteiger partial charge in [0, 0.05) is 0 Å². The number of hydrogen-bond donors (Lipinski definition) is 0. The molecule has 0 unspecified atom stereocenters. The van der Waals surface area contributed by atoms with E-state index in [9.17, 15) is 74.6 Å². The van der Waals surface area contributed by atoms with Gasteiger partial charge >= 0.3 is 7.32 Å². The fourth-order valence-corrected chi connectivity index (χ4v) is 4.18. The van der Waals surface area contributed by atoms with Crippen molar-refractivity contribution in [3.63, 3.8) is 0 Å². The Morgan fingerprint density at radius 1 is 0.204 bits per heavy atom. The fourth-order valence-electron chi connectivity index (χ4n) is 4.18. The molecule has 0 aromatic heterocycles. The van der Waals surface area contributed by atoms with Gasteiger partial charge < -0.3 is 14.0 Å². The van der Waals surface area contributed by atoms with Crippen LogP contribution < -0.4 is 14.0 Å². The van der Waals surface area contributed by atoms with Gasteiger partial charge in [-0.25, -0.2) is 65.9 Å². The summed E-state index contributed by atoms with van der Waals surface area (Å²) >= 11 is 0. The average molecular weight is 732 g/mol. The van der Waals surface area contributed by atoms with Crippen LogP contribution in [-0.4, -0.2) is 7.32 Å². The minimum absolute atomic E-state index is 2.32. The smallest absolute Gasteiger partial charge is 0.484 e. The summed E-state index contributed by atoms with van der Waals surface area (Å²) in [6.07, 6.45) is 0. The lowest BCUT2D eigenvalue weighted by atomic mass is 10.0. The number of hydrogen-bond acceptors (Lipinski definition) is 3. The molecule has 0 N–H and O–H groups in total. The summed E-state index contributed by atoms with van der Waals surface area (Å²) in [4.78, 5) is 0. The van der Waals surface area contributed by atoms with Crippen LogP contribution in [0.2, 0.25) is 0 Å². The van der Waals surface area contributed by atoms with Gasteiger partial charge in [-0.05, 0) is 0 Å². The summed E-state index contributed by atoms with van der Waals surface area (Å²) in [5, 5.41) is -9.39. The van der Waals surface area contributed by atoms with Crippen molar-refractivity contribution in [1.82, 2.24) is 0 Å². The molecule has 0 heterocycles. The predicted octanol–water partition coefficient (Wildman–Crippen LogP) is 9.16. The van der Waals surface area contributed by atoms with Gasteiger partial charge in [-0.2, -0.15) is 17.6 Å². The van der Waals surface area contributed by atoms with Crippen LogP contribution in [0.3, 0.4) is 0 Å². The van der Waals surface area contributed by atoms with Crippen molar-refractivity contribution in [2.45, 2.75) is 0 Å². The first-order valence-corrected chi connectivity index (χ1v) is 11.9.